The lowest BCUT2D eigenvalue weighted by atomic mass is 9.91. The van der Waals surface area contributed by atoms with E-state index in [-0.39, 0.29) is 0 Å². The molecule has 0 atom stereocenters. The zero-order valence-corrected chi connectivity index (χ0v) is 15.3. The Morgan fingerprint density at radius 1 is 0.357 bits per heavy atom. The minimum atomic E-state index is 0.879. The molecule has 2 nitrogen and oxygen atoms in total. The molecule has 1 aliphatic rings. The van der Waals surface area contributed by atoms with E-state index in [0.717, 1.165) is 45.1 Å². The molecule has 1 heterocycles. The minimum Gasteiger partial charge on any atom is -0.245 e. The SMILES string of the molecule is c1ccc(C2=Nc3ccccc3N=C(c3ccccc3)c3ccccc32)cc1. The molecule has 0 fully saturated rings. The molecular formula is C26H18N2. The summed E-state index contributed by atoms with van der Waals surface area (Å²) in [6.07, 6.45) is 0. The maximum atomic E-state index is 5.05. The molecule has 4 aromatic carbocycles. The van der Waals surface area contributed by atoms with Crippen molar-refractivity contribution in [2.45, 2.75) is 0 Å². The van der Waals surface area contributed by atoms with Crippen molar-refractivity contribution in [3.05, 3.63) is 131 Å². The van der Waals surface area contributed by atoms with Crippen LogP contribution < -0.4 is 0 Å². The first kappa shape index (κ1) is 16.4. The second kappa shape index (κ2) is 7.09. The topological polar surface area (TPSA) is 24.7 Å². The summed E-state index contributed by atoms with van der Waals surface area (Å²) in [5.41, 5.74) is 8.06. The number of hydrogen-bond donors (Lipinski definition) is 0. The zero-order valence-electron chi connectivity index (χ0n) is 15.3. The van der Waals surface area contributed by atoms with Crippen molar-refractivity contribution >= 4 is 22.8 Å². The van der Waals surface area contributed by atoms with Gasteiger partial charge in [0.15, 0.2) is 0 Å². The van der Waals surface area contributed by atoms with Gasteiger partial charge >= 0.3 is 0 Å². The van der Waals surface area contributed by atoms with E-state index >= 15 is 0 Å². The van der Waals surface area contributed by atoms with Crippen LogP contribution in [0.15, 0.2) is 119 Å². The normalized spacial score (nSPS) is 12.7. The van der Waals surface area contributed by atoms with Crippen LogP contribution in [-0.4, -0.2) is 11.4 Å². The van der Waals surface area contributed by atoms with E-state index in [4.69, 9.17) is 9.98 Å². The highest BCUT2D eigenvalue weighted by molar-refractivity contribution is 6.25. The first-order valence-electron chi connectivity index (χ1n) is 9.37. The van der Waals surface area contributed by atoms with E-state index in [9.17, 15) is 0 Å². The average molecular weight is 358 g/mol. The van der Waals surface area contributed by atoms with Crippen LogP contribution in [0.25, 0.3) is 0 Å². The monoisotopic (exact) mass is 358 g/mol. The van der Waals surface area contributed by atoms with Gasteiger partial charge in [0.1, 0.15) is 0 Å². The fourth-order valence-electron chi connectivity index (χ4n) is 3.54. The molecule has 4 aromatic rings. The Morgan fingerprint density at radius 2 is 0.714 bits per heavy atom. The summed E-state index contributed by atoms with van der Waals surface area (Å²) >= 11 is 0. The summed E-state index contributed by atoms with van der Waals surface area (Å²) in [5, 5.41) is 0. The molecule has 0 N–H and O–H groups in total. The number of para-hydroxylation sites is 2. The van der Waals surface area contributed by atoms with Crippen LogP contribution in [0.1, 0.15) is 22.3 Å². The summed E-state index contributed by atoms with van der Waals surface area (Å²) in [5.74, 6) is 0. The summed E-state index contributed by atoms with van der Waals surface area (Å²) in [6.45, 7) is 0. The van der Waals surface area contributed by atoms with Crippen LogP contribution in [-0.2, 0) is 0 Å². The van der Waals surface area contributed by atoms with Gasteiger partial charge in [-0.15, -0.1) is 0 Å². The maximum absolute atomic E-state index is 5.05. The number of aliphatic imine (C=N–C) groups is 2. The van der Waals surface area contributed by atoms with E-state index in [2.05, 4.69) is 72.8 Å². The van der Waals surface area contributed by atoms with Gasteiger partial charge in [0.25, 0.3) is 0 Å². The molecule has 0 aliphatic carbocycles. The first-order valence-corrected chi connectivity index (χ1v) is 9.37. The van der Waals surface area contributed by atoms with Crippen LogP contribution in [0.5, 0.6) is 0 Å². The Bertz CT molecular complexity index is 1090. The molecule has 0 saturated carbocycles. The van der Waals surface area contributed by atoms with E-state index in [1.54, 1.807) is 0 Å². The third-order valence-corrected chi connectivity index (χ3v) is 4.88. The second-order valence-corrected chi connectivity index (χ2v) is 6.69. The number of hydrogen-bond acceptors (Lipinski definition) is 2. The minimum absolute atomic E-state index is 0.879. The van der Waals surface area contributed by atoms with Crippen LogP contribution >= 0.6 is 0 Å². The van der Waals surface area contributed by atoms with Crippen LogP contribution in [0.3, 0.4) is 0 Å². The van der Waals surface area contributed by atoms with Gasteiger partial charge in [-0.1, -0.05) is 97.1 Å². The summed E-state index contributed by atoms with van der Waals surface area (Å²) < 4.78 is 0. The molecule has 0 bridgehead atoms. The van der Waals surface area contributed by atoms with E-state index in [1.807, 2.05) is 36.4 Å². The molecule has 28 heavy (non-hydrogen) atoms. The van der Waals surface area contributed by atoms with Gasteiger partial charge < -0.3 is 0 Å². The van der Waals surface area contributed by atoms with Gasteiger partial charge in [0.2, 0.25) is 0 Å². The number of nitrogens with zero attached hydrogens (tertiary/aromatic N) is 2. The van der Waals surface area contributed by atoms with Crippen molar-refractivity contribution < 1.29 is 0 Å². The van der Waals surface area contributed by atoms with Crippen molar-refractivity contribution in [3.8, 4) is 0 Å². The Hall–Kier alpha value is -3.78. The smallest absolute Gasteiger partial charge is 0.0894 e. The molecular weight excluding hydrogens is 340 g/mol. The third-order valence-electron chi connectivity index (χ3n) is 4.88. The molecule has 0 amide bonds. The largest absolute Gasteiger partial charge is 0.245 e. The molecule has 0 aromatic heterocycles. The number of fused-ring (bicyclic) bond motifs is 2. The lowest BCUT2D eigenvalue weighted by Gasteiger charge is -2.18. The van der Waals surface area contributed by atoms with E-state index < -0.39 is 0 Å². The fraction of sp³-hybridized carbons (Fsp3) is 0. The molecule has 5 rings (SSSR count). The summed E-state index contributed by atoms with van der Waals surface area (Å²) in [7, 11) is 0. The quantitative estimate of drug-likeness (QED) is 0.352. The Labute approximate surface area is 164 Å². The number of benzene rings is 4. The molecule has 0 radical (unpaired) electrons. The van der Waals surface area contributed by atoms with Crippen LogP contribution in [0, 0.1) is 0 Å². The zero-order chi connectivity index (χ0) is 18.8. The van der Waals surface area contributed by atoms with Crippen molar-refractivity contribution in [1.82, 2.24) is 0 Å². The van der Waals surface area contributed by atoms with Crippen molar-refractivity contribution in [3.63, 3.8) is 0 Å². The number of rotatable bonds is 2. The molecule has 1 aliphatic heterocycles. The van der Waals surface area contributed by atoms with Gasteiger partial charge in [0.05, 0.1) is 22.8 Å². The highest BCUT2D eigenvalue weighted by Gasteiger charge is 2.20. The molecule has 0 spiro atoms. The van der Waals surface area contributed by atoms with Crippen LogP contribution in [0.2, 0.25) is 0 Å². The summed E-state index contributed by atoms with van der Waals surface area (Å²) in [6, 6.07) is 37.2. The van der Waals surface area contributed by atoms with Gasteiger partial charge in [-0.25, -0.2) is 9.98 Å². The van der Waals surface area contributed by atoms with Crippen LogP contribution in [0.4, 0.5) is 11.4 Å². The van der Waals surface area contributed by atoms with Crippen molar-refractivity contribution in [1.29, 1.82) is 0 Å². The molecule has 2 heteroatoms. The molecule has 0 saturated heterocycles. The molecule has 0 unspecified atom stereocenters. The van der Waals surface area contributed by atoms with Crippen molar-refractivity contribution in [2.24, 2.45) is 9.98 Å². The average Bonchev–Trinajstić information content (AvgIpc) is 2.76. The molecule has 132 valence electrons. The summed E-state index contributed by atoms with van der Waals surface area (Å²) in [4.78, 5) is 10.1. The maximum Gasteiger partial charge on any atom is 0.0894 e. The second-order valence-electron chi connectivity index (χ2n) is 6.69. The predicted molar refractivity (Wildman–Crippen MR) is 116 cm³/mol. The van der Waals surface area contributed by atoms with Gasteiger partial charge in [-0.2, -0.15) is 0 Å². The first-order chi connectivity index (χ1) is 13.9. The lowest BCUT2D eigenvalue weighted by molar-refractivity contribution is 1.39. The fourth-order valence-corrected chi connectivity index (χ4v) is 3.54. The van der Waals surface area contributed by atoms with E-state index in [0.29, 0.717) is 0 Å². The van der Waals surface area contributed by atoms with Crippen molar-refractivity contribution in [2.75, 3.05) is 0 Å². The Morgan fingerprint density at radius 3 is 1.14 bits per heavy atom. The lowest BCUT2D eigenvalue weighted by Crippen LogP contribution is -2.14. The van der Waals surface area contributed by atoms with Gasteiger partial charge in [-0.3, -0.25) is 0 Å². The Kier molecular flexibility index (Phi) is 4.15. The highest BCUT2D eigenvalue weighted by Crippen LogP contribution is 2.34. The standard InChI is InChI=1S/C26H18N2/c1-3-11-19(12-4-1)25-21-15-7-8-16-22(21)26(20-13-5-2-6-14-20)28-24-18-10-9-17-23(24)27-25/h1-18H. The van der Waals surface area contributed by atoms with Gasteiger partial charge in [0, 0.05) is 22.3 Å². The predicted octanol–water partition coefficient (Wildman–Crippen LogP) is 6.34. The Balaban J connectivity index is 1.85. The van der Waals surface area contributed by atoms with Gasteiger partial charge in [-0.05, 0) is 12.1 Å². The highest BCUT2D eigenvalue weighted by atomic mass is 14.9. The van der Waals surface area contributed by atoms with E-state index in [1.165, 1.54) is 0 Å². The third kappa shape index (κ3) is 2.95.